The lowest BCUT2D eigenvalue weighted by molar-refractivity contribution is -0.149. The third-order valence-electron chi connectivity index (χ3n) is 2.49. The van der Waals surface area contributed by atoms with Gasteiger partial charge >= 0.3 is 6.30 Å². The maximum absolute atomic E-state index is 12.6. The highest BCUT2D eigenvalue weighted by atomic mass is 19.4. The number of nitrogens with zero attached hydrogens (tertiary/aromatic N) is 1. The number of rotatable bonds is 0. The van der Waals surface area contributed by atoms with Gasteiger partial charge in [0.1, 0.15) is 0 Å². The van der Waals surface area contributed by atoms with Crippen LogP contribution in [0.15, 0.2) is 24.3 Å². The number of carbonyl (C=O) groups excluding carboxylic acids is 1. The Hall–Kier alpha value is -1.52. The van der Waals surface area contributed by atoms with Gasteiger partial charge in [-0.1, -0.05) is 18.2 Å². The summed E-state index contributed by atoms with van der Waals surface area (Å²) in [6.07, 6.45) is -4.64. The summed E-state index contributed by atoms with van der Waals surface area (Å²) >= 11 is 0. The van der Waals surface area contributed by atoms with E-state index in [1.807, 2.05) is 0 Å². The summed E-state index contributed by atoms with van der Waals surface area (Å²) < 4.78 is 37.7. The third-order valence-corrected chi connectivity index (χ3v) is 2.49. The predicted octanol–water partition coefficient (Wildman–Crippen LogP) is 2.66. The van der Waals surface area contributed by atoms with Gasteiger partial charge in [0.15, 0.2) is 0 Å². The van der Waals surface area contributed by atoms with Crippen LogP contribution in [0, 0.1) is 0 Å². The first-order valence-electron chi connectivity index (χ1n) is 4.42. The maximum Gasteiger partial charge on any atom is 0.491 e. The lowest BCUT2D eigenvalue weighted by Crippen LogP contribution is -2.41. The molecule has 0 bridgehead atoms. The summed E-state index contributed by atoms with van der Waals surface area (Å²) in [5.74, 6) is -1.63. The first-order valence-corrected chi connectivity index (χ1v) is 4.42. The largest absolute Gasteiger partial charge is 0.491 e. The molecule has 1 unspecified atom stereocenters. The Morgan fingerprint density at radius 3 is 2.47 bits per heavy atom. The van der Waals surface area contributed by atoms with E-state index in [4.69, 9.17) is 0 Å². The second kappa shape index (κ2) is 2.98. The van der Waals surface area contributed by atoms with Crippen LogP contribution < -0.4 is 4.90 Å². The van der Waals surface area contributed by atoms with E-state index >= 15 is 0 Å². The Labute approximate surface area is 84.3 Å². The van der Waals surface area contributed by atoms with Gasteiger partial charge in [0.25, 0.3) is 0 Å². The van der Waals surface area contributed by atoms with Gasteiger partial charge in [-0.3, -0.25) is 4.79 Å². The zero-order chi connectivity index (χ0) is 11.2. The van der Waals surface area contributed by atoms with E-state index in [1.54, 1.807) is 12.1 Å². The number of fused-ring (bicyclic) bond motifs is 1. The van der Waals surface area contributed by atoms with E-state index in [-0.39, 0.29) is 10.6 Å². The quantitative estimate of drug-likeness (QED) is 0.609. The molecule has 1 aromatic rings. The van der Waals surface area contributed by atoms with E-state index in [9.17, 15) is 18.0 Å². The van der Waals surface area contributed by atoms with Crippen LogP contribution in [-0.2, 0) is 4.79 Å². The molecule has 1 aliphatic rings. The lowest BCUT2D eigenvalue weighted by Gasteiger charge is -2.20. The minimum Gasteiger partial charge on any atom is -0.274 e. The van der Waals surface area contributed by atoms with Gasteiger partial charge in [0, 0.05) is 0 Å². The van der Waals surface area contributed by atoms with E-state index in [0.717, 1.165) is 0 Å². The molecule has 0 saturated carbocycles. The van der Waals surface area contributed by atoms with Crippen molar-refractivity contribution in [1.82, 2.24) is 0 Å². The van der Waals surface area contributed by atoms with Gasteiger partial charge in [-0.05, 0) is 18.6 Å². The molecule has 0 fully saturated rings. The maximum atomic E-state index is 12.6. The van der Waals surface area contributed by atoms with Crippen molar-refractivity contribution in [3.05, 3.63) is 29.8 Å². The van der Waals surface area contributed by atoms with Crippen LogP contribution in [0.1, 0.15) is 18.4 Å². The minimum atomic E-state index is -4.64. The molecule has 0 N–H and O–H groups in total. The highest BCUT2D eigenvalue weighted by Crippen LogP contribution is 2.42. The van der Waals surface area contributed by atoms with Crippen LogP contribution >= 0.6 is 0 Å². The number of para-hydroxylation sites is 1. The average Bonchev–Trinajstić information content (AvgIpc) is 2.39. The van der Waals surface area contributed by atoms with Crippen LogP contribution in [0.4, 0.5) is 18.9 Å². The van der Waals surface area contributed by atoms with Crippen molar-refractivity contribution in [2.75, 3.05) is 4.90 Å². The van der Waals surface area contributed by atoms with Crippen LogP contribution in [0.2, 0.25) is 0 Å². The Bertz CT molecular complexity index is 413. The molecule has 1 aliphatic heterocycles. The summed E-state index contributed by atoms with van der Waals surface area (Å²) in [7, 11) is 0. The number of amides is 1. The molecule has 1 amide bonds. The minimum absolute atomic E-state index is 0.0532. The molecule has 0 aromatic heterocycles. The molecule has 15 heavy (non-hydrogen) atoms. The molecule has 0 aliphatic carbocycles. The summed E-state index contributed by atoms with van der Waals surface area (Å²) in [6, 6.07) is 5.97. The fraction of sp³-hybridized carbons (Fsp3) is 0.300. The van der Waals surface area contributed by atoms with Gasteiger partial charge in [-0.2, -0.15) is 0 Å². The predicted molar refractivity (Wildman–Crippen MR) is 48.4 cm³/mol. The van der Waals surface area contributed by atoms with Gasteiger partial charge in [0.2, 0.25) is 5.91 Å². The van der Waals surface area contributed by atoms with E-state index < -0.39 is 18.1 Å². The molecule has 5 heteroatoms. The van der Waals surface area contributed by atoms with Crippen molar-refractivity contribution in [1.29, 1.82) is 0 Å². The van der Waals surface area contributed by atoms with Gasteiger partial charge in [-0.15, -0.1) is 13.2 Å². The van der Waals surface area contributed by atoms with Crippen LogP contribution in [0.5, 0.6) is 0 Å². The summed E-state index contributed by atoms with van der Waals surface area (Å²) in [5.41, 5.74) is 0.377. The van der Waals surface area contributed by atoms with Crippen molar-refractivity contribution >= 4 is 11.6 Å². The van der Waals surface area contributed by atoms with Crippen LogP contribution in [0.25, 0.3) is 0 Å². The summed E-state index contributed by atoms with van der Waals surface area (Å²) in [4.78, 5) is 11.3. The van der Waals surface area contributed by atoms with Crippen molar-refractivity contribution in [2.45, 2.75) is 19.1 Å². The molecule has 2 nitrogen and oxygen atoms in total. The van der Waals surface area contributed by atoms with Gasteiger partial charge < -0.3 is 0 Å². The normalized spacial score (nSPS) is 20.7. The fourth-order valence-electron chi connectivity index (χ4n) is 1.76. The smallest absolute Gasteiger partial charge is 0.274 e. The Balaban J connectivity index is 2.57. The number of anilines is 1. The Morgan fingerprint density at radius 2 is 1.87 bits per heavy atom. The van der Waals surface area contributed by atoms with Gasteiger partial charge in [0.05, 0.1) is 11.6 Å². The number of hydrogen-bond donors (Lipinski definition) is 0. The monoisotopic (exact) mass is 215 g/mol. The average molecular weight is 215 g/mol. The molecule has 0 radical (unpaired) electrons. The molecular weight excluding hydrogens is 207 g/mol. The lowest BCUT2D eigenvalue weighted by atomic mass is 10.0. The highest BCUT2D eigenvalue weighted by molar-refractivity contribution is 6.05. The molecule has 0 saturated heterocycles. The molecule has 2 rings (SSSR count). The number of halogens is 3. The SMILES string of the molecule is CC1C(=O)N(C(F)(F)F)c2ccccc21. The second-order valence-corrected chi connectivity index (χ2v) is 3.42. The molecule has 1 heterocycles. The van der Waals surface area contributed by atoms with Crippen LogP contribution in [-0.4, -0.2) is 12.2 Å². The van der Waals surface area contributed by atoms with E-state index in [1.165, 1.54) is 19.1 Å². The van der Waals surface area contributed by atoms with Crippen LogP contribution in [0.3, 0.4) is 0 Å². The number of alkyl halides is 3. The second-order valence-electron chi connectivity index (χ2n) is 3.42. The standard InChI is InChI=1S/C10H8F3NO/c1-6-7-4-2-3-5-8(7)14(9(6)15)10(11,12)13/h2-6H,1H3. The number of carbonyl (C=O) groups is 1. The molecule has 80 valence electrons. The van der Waals surface area contributed by atoms with Crippen molar-refractivity contribution in [2.24, 2.45) is 0 Å². The van der Waals surface area contributed by atoms with E-state index in [0.29, 0.717) is 5.56 Å². The molecular formula is C10H8F3NO. The van der Waals surface area contributed by atoms with Gasteiger partial charge in [-0.25, -0.2) is 4.90 Å². The number of benzene rings is 1. The third kappa shape index (κ3) is 1.38. The van der Waals surface area contributed by atoms with Crippen molar-refractivity contribution in [3.63, 3.8) is 0 Å². The topological polar surface area (TPSA) is 20.3 Å². The molecule has 1 aromatic carbocycles. The zero-order valence-corrected chi connectivity index (χ0v) is 7.88. The highest BCUT2D eigenvalue weighted by Gasteiger charge is 2.49. The Morgan fingerprint density at radius 1 is 1.27 bits per heavy atom. The van der Waals surface area contributed by atoms with E-state index in [2.05, 4.69) is 0 Å². The fourth-order valence-corrected chi connectivity index (χ4v) is 1.76. The summed E-state index contributed by atoms with van der Waals surface area (Å²) in [5, 5.41) is 0. The molecule has 1 atom stereocenters. The first-order chi connectivity index (χ1) is 6.93. The van der Waals surface area contributed by atoms with Crippen molar-refractivity contribution < 1.29 is 18.0 Å². The summed E-state index contributed by atoms with van der Waals surface area (Å²) in [6.45, 7) is 1.48. The first kappa shape index (κ1) is 10.0. The molecule has 0 spiro atoms. The van der Waals surface area contributed by atoms with Crippen molar-refractivity contribution in [3.8, 4) is 0 Å². The Kier molecular flexibility index (Phi) is 1.99. The number of hydrogen-bond acceptors (Lipinski definition) is 1. The zero-order valence-electron chi connectivity index (χ0n) is 7.88.